The van der Waals surface area contributed by atoms with E-state index >= 15 is 0 Å². The summed E-state index contributed by atoms with van der Waals surface area (Å²) >= 11 is 1.56. The molecular formula is C22H22N2O4S. The lowest BCUT2D eigenvalue weighted by atomic mass is 10.1. The van der Waals surface area contributed by atoms with E-state index in [1.807, 2.05) is 55.6 Å². The van der Waals surface area contributed by atoms with E-state index in [0.717, 1.165) is 4.88 Å². The number of hydrogen-bond donors (Lipinski definition) is 0. The van der Waals surface area contributed by atoms with Crippen molar-refractivity contribution in [2.75, 3.05) is 19.7 Å². The number of carbonyl (C=O) groups excluding carboxylic acids is 2. The number of nitrogens with zero attached hydrogens (tertiary/aromatic N) is 2. The van der Waals surface area contributed by atoms with Crippen LogP contribution in [0.15, 0.2) is 47.8 Å². The minimum absolute atomic E-state index is 0.0316. The first-order valence-electron chi connectivity index (χ1n) is 9.55. The Morgan fingerprint density at radius 1 is 1.17 bits per heavy atom. The molecule has 29 heavy (non-hydrogen) atoms. The molecule has 1 fully saturated rings. The summed E-state index contributed by atoms with van der Waals surface area (Å²) in [6, 6.07) is 13.1. The number of ether oxygens (including phenoxy) is 2. The van der Waals surface area contributed by atoms with E-state index in [4.69, 9.17) is 9.47 Å². The topological polar surface area (TPSA) is 68.7 Å². The van der Waals surface area contributed by atoms with Gasteiger partial charge in [0.25, 0.3) is 5.91 Å². The van der Waals surface area contributed by atoms with Crippen LogP contribution in [0.4, 0.5) is 0 Å². The number of esters is 1. The number of pyridine rings is 1. The lowest BCUT2D eigenvalue weighted by Gasteiger charge is -2.35. The number of para-hydroxylation sites is 1. The summed E-state index contributed by atoms with van der Waals surface area (Å²) in [6.45, 7) is 4.57. The molecule has 1 saturated heterocycles. The molecule has 0 N–H and O–H groups in total. The number of carbonyl (C=O) groups is 2. The molecule has 0 radical (unpaired) electrons. The van der Waals surface area contributed by atoms with Crippen LogP contribution < -0.4 is 0 Å². The van der Waals surface area contributed by atoms with E-state index in [9.17, 15) is 9.59 Å². The van der Waals surface area contributed by atoms with E-state index in [1.165, 1.54) is 0 Å². The lowest BCUT2D eigenvalue weighted by Crippen LogP contribution is -2.49. The van der Waals surface area contributed by atoms with Crippen molar-refractivity contribution in [1.29, 1.82) is 0 Å². The quantitative estimate of drug-likeness (QED) is 0.613. The van der Waals surface area contributed by atoms with Crippen molar-refractivity contribution >= 4 is 34.1 Å². The van der Waals surface area contributed by atoms with Gasteiger partial charge in [-0.3, -0.25) is 4.79 Å². The Bertz CT molecular complexity index is 1020. The number of rotatable bonds is 4. The summed E-state index contributed by atoms with van der Waals surface area (Å²) in [5, 5.41) is 2.67. The Balaban J connectivity index is 1.54. The summed E-state index contributed by atoms with van der Waals surface area (Å²) < 4.78 is 11.0. The van der Waals surface area contributed by atoms with Gasteiger partial charge in [0.05, 0.1) is 33.9 Å². The Labute approximate surface area is 173 Å². The highest BCUT2D eigenvalue weighted by Crippen LogP contribution is 2.28. The summed E-state index contributed by atoms with van der Waals surface area (Å²) in [7, 11) is 0. The zero-order chi connectivity index (χ0) is 20.4. The number of hydrogen-bond acceptors (Lipinski definition) is 6. The van der Waals surface area contributed by atoms with E-state index in [-0.39, 0.29) is 24.7 Å². The first-order valence-corrected chi connectivity index (χ1v) is 10.4. The fraction of sp³-hybridized carbons (Fsp3) is 0.318. The summed E-state index contributed by atoms with van der Waals surface area (Å²) in [6.07, 6.45) is -0.0632. The molecule has 0 saturated carbocycles. The van der Waals surface area contributed by atoms with Crippen LogP contribution in [0.1, 0.15) is 24.2 Å². The molecule has 6 nitrogen and oxygen atoms in total. The predicted molar refractivity (Wildman–Crippen MR) is 112 cm³/mol. The number of benzene rings is 1. The Morgan fingerprint density at radius 2 is 1.93 bits per heavy atom. The highest BCUT2D eigenvalue weighted by molar-refractivity contribution is 7.13. The van der Waals surface area contributed by atoms with Crippen LogP contribution in [0.2, 0.25) is 0 Å². The third kappa shape index (κ3) is 4.31. The highest BCUT2D eigenvalue weighted by atomic mass is 32.1. The third-order valence-electron chi connectivity index (χ3n) is 4.81. The van der Waals surface area contributed by atoms with Crippen molar-refractivity contribution in [3.05, 3.63) is 53.4 Å². The summed E-state index contributed by atoms with van der Waals surface area (Å²) in [5.41, 5.74) is 1.84. The van der Waals surface area contributed by atoms with Crippen molar-refractivity contribution in [3.8, 4) is 10.6 Å². The van der Waals surface area contributed by atoms with E-state index in [1.54, 1.807) is 22.3 Å². The Morgan fingerprint density at radius 3 is 2.66 bits per heavy atom. The Kier molecular flexibility index (Phi) is 5.60. The van der Waals surface area contributed by atoms with Crippen LogP contribution in [-0.4, -0.2) is 53.7 Å². The molecule has 0 bridgehead atoms. The highest BCUT2D eigenvalue weighted by Gasteiger charge is 2.27. The molecule has 2 aromatic heterocycles. The van der Waals surface area contributed by atoms with Crippen molar-refractivity contribution in [3.63, 3.8) is 0 Å². The number of amides is 1. The van der Waals surface area contributed by atoms with Gasteiger partial charge >= 0.3 is 5.97 Å². The molecule has 0 unspecified atom stereocenters. The largest absolute Gasteiger partial charge is 0.452 e. The third-order valence-corrected chi connectivity index (χ3v) is 5.70. The van der Waals surface area contributed by atoms with Gasteiger partial charge in [0.1, 0.15) is 0 Å². The number of fused-ring (bicyclic) bond motifs is 1. The minimum Gasteiger partial charge on any atom is -0.452 e. The van der Waals surface area contributed by atoms with Crippen LogP contribution >= 0.6 is 11.3 Å². The molecular weight excluding hydrogens is 388 g/mol. The zero-order valence-corrected chi connectivity index (χ0v) is 17.1. The fourth-order valence-electron chi connectivity index (χ4n) is 3.57. The molecule has 2 atom stereocenters. The van der Waals surface area contributed by atoms with Gasteiger partial charge in [-0.25, -0.2) is 9.78 Å². The SMILES string of the molecule is C[C@H]1CN(C(=O)COC(=O)c2cc(-c3cccs3)nc3ccccc23)C[C@H](C)O1. The van der Waals surface area contributed by atoms with Gasteiger partial charge in [0.15, 0.2) is 6.61 Å². The Hall–Kier alpha value is -2.77. The zero-order valence-electron chi connectivity index (χ0n) is 16.3. The second-order valence-electron chi connectivity index (χ2n) is 7.18. The predicted octanol–water partition coefficient (Wildman–Crippen LogP) is 3.76. The van der Waals surface area contributed by atoms with Crippen LogP contribution in [0.25, 0.3) is 21.5 Å². The normalized spacial score (nSPS) is 19.3. The van der Waals surface area contributed by atoms with Gasteiger partial charge < -0.3 is 14.4 Å². The van der Waals surface area contributed by atoms with E-state index < -0.39 is 5.97 Å². The summed E-state index contributed by atoms with van der Waals surface area (Å²) in [5.74, 6) is -0.735. The molecule has 1 aliphatic heterocycles. The smallest absolute Gasteiger partial charge is 0.339 e. The van der Waals surface area contributed by atoms with Gasteiger partial charge in [0, 0.05) is 18.5 Å². The number of aromatic nitrogens is 1. The molecule has 3 heterocycles. The molecule has 0 aliphatic carbocycles. The molecule has 1 aromatic carbocycles. The van der Waals surface area contributed by atoms with Crippen LogP contribution in [0, 0.1) is 0 Å². The molecule has 1 aliphatic rings. The average Bonchev–Trinajstić information content (AvgIpc) is 3.25. The first kappa shape index (κ1) is 19.5. The maximum atomic E-state index is 12.9. The number of morpholine rings is 1. The first-order chi connectivity index (χ1) is 14.0. The molecule has 0 spiro atoms. The van der Waals surface area contributed by atoms with E-state index in [2.05, 4.69) is 4.98 Å². The maximum absolute atomic E-state index is 12.9. The summed E-state index contributed by atoms with van der Waals surface area (Å²) in [4.78, 5) is 32.7. The van der Waals surface area contributed by atoms with Crippen LogP contribution in [0.5, 0.6) is 0 Å². The second kappa shape index (κ2) is 8.31. The van der Waals surface area contributed by atoms with Gasteiger partial charge in [-0.1, -0.05) is 24.3 Å². The molecule has 150 valence electrons. The van der Waals surface area contributed by atoms with Gasteiger partial charge in [-0.05, 0) is 37.4 Å². The standard InChI is InChI=1S/C22H22N2O4S/c1-14-11-24(12-15(2)28-14)21(25)13-27-22(26)17-10-19(20-8-5-9-29-20)23-18-7-4-3-6-16(17)18/h3-10,14-15H,11-13H2,1-2H3/t14-,15-/m0/s1. The van der Waals surface area contributed by atoms with Crippen LogP contribution in [-0.2, 0) is 14.3 Å². The number of thiophene rings is 1. The molecule has 7 heteroatoms. The lowest BCUT2D eigenvalue weighted by molar-refractivity contribution is -0.146. The molecule has 1 amide bonds. The van der Waals surface area contributed by atoms with Crippen molar-refractivity contribution in [2.24, 2.45) is 0 Å². The van der Waals surface area contributed by atoms with Gasteiger partial charge in [-0.2, -0.15) is 0 Å². The monoisotopic (exact) mass is 410 g/mol. The molecule has 3 aromatic rings. The second-order valence-corrected chi connectivity index (χ2v) is 8.13. The minimum atomic E-state index is -0.524. The van der Waals surface area contributed by atoms with Gasteiger partial charge in [0.2, 0.25) is 0 Å². The maximum Gasteiger partial charge on any atom is 0.339 e. The average molecular weight is 410 g/mol. The van der Waals surface area contributed by atoms with E-state index in [0.29, 0.717) is 35.2 Å². The van der Waals surface area contributed by atoms with Crippen LogP contribution in [0.3, 0.4) is 0 Å². The van der Waals surface area contributed by atoms with Crippen molar-refractivity contribution in [2.45, 2.75) is 26.1 Å². The van der Waals surface area contributed by atoms with Crippen molar-refractivity contribution < 1.29 is 19.1 Å². The van der Waals surface area contributed by atoms with Gasteiger partial charge in [-0.15, -0.1) is 11.3 Å². The van der Waals surface area contributed by atoms with Crippen molar-refractivity contribution in [1.82, 2.24) is 9.88 Å². The molecule has 4 rings (SSSR count). The fourth-order valence-corrected chi connectivity index (χ4v) is 4.26.